The van der Waals surface area contributed by atoms with Crippen molar-refractivity contribution in [3.8, 4) is 11.3 Å². The van der Waals surface area contributed by atoms with Gasteiger partial charge >= 0.3 is 0 Å². The van der Waals surface area contributed by atoms with Gasteiger partial charge in [-0.1, -0.05) is 55.3 Å². The predicted octanol–water partition coefficient (Wildman–Crippen LogP) is 7.60. The van der Waals surface area contributed by atoms with Crippen molar-refractivity contribution in [1.29, 1.82) is 0 Å². The molecule has 0 bridgehead atoms. The van der Waals surface area contributed by atoms with Gasteiger partial charge in [0.1, 0.15) is 5.84 Å². The average Bonchev–Trinajstić information content (AvgIpc) is 2.91. The van der Waals surface area contributed by atoms with Crippen molar-refractivity contribution in [3.63, 3.8) is 0 Å². The third kappa shape index (κ3) is 6.61. The number of hydrogen-bond donors (Lipinski definition) is 2. The second kappa shape index (κ2) is 12.2. The minimum absolute atomic E-state index is 0.274. The SMILES string of the molecule is C/C(=N\N=C(/C)C(C)C)NC(=O)c1ccc(NC(=O)c2cc(-c3ccccc3Cl)nc3c(C)cc(C)cc23)cc1. The Bertz CT molecular complexity index is 1660. The zero-order valence-electron chi connectivity index (χ0n) is 23.5. The van der Waals surface area contributed by atoms with E-state index in [2.05, 4.69) is 20.8 Å². The van der Waals surface area contributed by atoms with Gasteiger partial charge in [0.25, 0.3) is 11.8 Å². The second-order valence-corrected chi connectivity index (χ2v) is 10.5. The number of carbonyl (C=O) groups is 2. The largest absolute Gasteiger partial charge is 0.322 e. The van der Waals surface area contributed by atoms with Gasteiger partial charge < -0.3 is 10.6 Å². The van der Waals surface area contributed by atoms with Gasteiger partial charge in [-0.05, 0) is 81.6 Å². The van der Waals surface area contributed by atoms with Crippen molar-refractivity contribution in [2.45, 2.75) is 41.5 Å². The third-order valence-electron chi connectivity index (χ3n) is 6.54. The summed E-state index contributed by atoms with van der Waals surface area (Å²) in [7, 11) is 0. The van der Waals surface area contributed by atoms with Gasteiger partial charge in [0.05, 0.1) is 16.8 Å². The molecule has 7 nitrogen and oxygen atoms in total. The van der Waals surface area contributed by atoms with Gasteiger partial charge in [-0.25, -0.2) is 4.98 Å². The molecule has 0 radical (unpaired) electrons. The summed E-state index contributed by atoms with van der Waals surface area (Å²) in [5.74, 6) is 0.0685. The molecule has 2 N–H and O–H groups in total. The zero-order valence-corrected chi connectivity index (χ0v) is 24.2. The first-order chi connectivity index (χ1) is 19.0. The Morgan fingerprint density at radius 2 is 1.60 bits per heavy atom. The molecule has 0 aliphatic carbocycles. The van der Waals surface area contributed by atoms with E-state index in [-0.39, 0.29) is 17.7 Å². The van der Waals surface area contributed by atoms with Gasteiger partial charge in [-0.15, -0.1) is 5.10 Å². The van der Waals surface area contributed by atoms with E-state index in [9.17, 15) is 9.59 Å². The molecule has 0 saturated heterocycles. The van der Waals surface area contributed by atoms with Crippen LogP contribution in [0.15, 0.2) is 76.9 Å². The van der Waals surface area contributed by atoms with Crippen molar-refractivity contribution in [1.82, 2.24) is 10.3 Å². The van der Waals surface area contributed by atoms with Crippen molar-refractivity contribution < 1.29 is 9.59 Å². The molecule has 0 fully saturated rings. The van der Waals surface area contributed by atoms with E-state index in [1.807, 2.05) is 65.0 Å². The fraction of sp³-hybridized carbons (Fsp3) is 0.219. The van der Waals surface area contributed by atoms with Gasteiger partial charge in [-0.2, -0.15) is 5.10 Å². The number of benzene rings is 3. The number of nitrogens with one attached hydrogen (secondary N) is 2. The molecule has 8 heteroatoms. The fourth-order valence-corrected chi connectivity index (χ4v) is 4.34. The minimum atomic E-state index is -0.313. The quantitative estimate of drug-likeness (QED) is 0.146. The van der Waals surface area contributed by atoms with E-state index in [0.29, 0.717) is 33.4 Å². The van der Waals surface area contributed by atoms with Gasteiger partial charge in [0.15, 0.2) is 0 Å². The average molecular weight is 554 g/mol. The molecule has 0 saturated carbocycles. The monoisotopic (exact) mass is 553 g/mol. The Morgan fingerprint density at radius 1 is 0.900 bits per heavy atom. The molecule has 40 heavy (non-hydrogen) atoms. The molecule has 0 aliphatic rings. The van der Waals surface area contributed by atoms with E-state index in [1.165, 1.54) is 0 Å². The summed E-state index contributed by atoms with van der Waals surface area (Å²) >= 11 is 6.47. The van der Waals surface area contributed by atoms with Crippen LogP contribution in [0.1, 0.15) is 59.5 Å². The maximum atomic E-state index is 13.6. The number of amides is 2. The summed E-state index contributed by atoms with van der Waals surface area (Å²) in [5.41, 5.74) is 6.45. The molecular formula is C32H32ClN5O2. The third-order valence-corrected chi connectivity index (χ3v) is 6.87. The Hall–Kier alpha value is -4.36. The molecule has 0 atom stereocenters. The standard InChI is InChI=1S/C32H32ClN5O2/c1-18(2)21(5)37-38-22(6)34-31(39)23-11-13-24(14-12-23)35-32(40)27-17-29(25-9-7-8-10-28(25)33)36-30-20(4)15-19(3)16-26(27)30/h7-18H,1-6H3,(H,35,40)(H,34,38,39)/b37-21+. The van der Waals surface area contributed by atoms with Crippen molar-refractivity contribution in [2.75, 3.05) is 5.32 Å². The number of hydrogen-bond acceptors (Lipinski definition) is 5. The number of pyridine rings is 1. The first kappa shape index (κ1) is 28.6. The van der Waals surface area contributed by atoms with Crippen LogP contribution in [0.5, 0.6) is 0 Å². The highest BCUT2D eigenvalue weighted by Crippen LogP contribution is 2.32. The molecule has 2 amide bonds. The van der Waals surface area contributed by atoms with Crippen molar-refractivity contribution in [2.24, 2.45) is 16.1 Å². The van der Waals surface area contributed by atoms with Crippen molar-refractivity contribution in [3.05, 3.63) is 94.0 Å². The number of anilines is 1. The van der Waals surface area contributed by atoms with E-state index in [1.54, 1.807) is 43.3 Å². The number of aryl methyl sites for hydroxylation is 2. The normalized spacial score (nSPS) is 12.1. The number of fused-ring (bicyclic) bond motifs is 1. The highest BCUT2D eigenvalue weighted by molar-refractivity contribution is 6.33. The first-order valence-electron chi connectivity index (χ1n) is 13.0. The molecular weight excluding hydrogens is 522 g/mol. The van der Waals surface area contributed by atoms with Crippen LogP contribution in [-0.2, 0) is 0 Å². The Labute approximate surface area is 239 Å². The molecule has 0 unspecified atom stereocenters. The zero-order chi connectivity index (χ0) is 29.0. The summed E-state index contributed by atoms with van der Waals surface area (Å²) in [4.78, 5) is 31.1. The highest BCUT2D eigenvalue weighted by Gasteiger charge is 2.17. The number of amidine groups is 1. The van der Waals surface area contributed by atoms with E-state index in [4.69, 9.17) is 16.6 Å². The number of carbonyl (C=O) groups excluding carboxylic acids is 2. The van der Waals surface area contributed by atoms with Crippen LogP contribution < -0.4 is 10.6 Å². The maximum absolute atomic E-state index is 13.6. The highest BCUT2D eigenvalue weighted by atomic mass is 35.5. The van der Waals surface area contributed by atoms with Gasteiger partial charge in [-0.3, -0.25) is 9.59 Å². The van der Waals surface area contributed by atoms with Crippen LogP contribution in [-0.4, -0.2) is 28.3 Å². The number of aromatic nitrogens is 1. The topological polar surface area (TPSA) is 95.8 Å². The predicted molar refractivity (Wildman–Crippen MR) is 165 cm³/mol. The summed E-state index contributed by atoms with van der Waals surface area (Å²) in [6.07, 6.45) is 0. The lowest BCUT2D eigenvalue weighted by Gasteiger charge is -2.14. The van der Waals surface area contributed by atoms with E-state index in [0.717, 1.165) is 33.3 Å². The molecule has 0 spiro atoms. The Morgan fingerprint density at radius 3 is 2.27 bits per heavy atom. The van der Waals surface area contributed by atoms with Crippen LogP contribution >= 0.6 is 11.6 Å². The van der Waals surface area contributed by atoms with Crippen molar-refractivity contribution >= 4 is 51.6 Å². The molecule has 4 aromatic rings. The molecule has 204 valence electrons. The van der Waals surface area contributed by atoms with Gasteiger partial charge in [0.2, 0.25) is 0 Å². The van der Waals surface area contributed by atoms with Crippen LogP contribution in [0.4, 0.5) is 5.69 Å². The van der Waals surface area contributed by atoms with Gasteiger partial charge in [0, 0.05) is 32.9 Å². The van der Waals surface area contributed by atoms with Crippen LogP contribution in [0.3, 0.4) is 0 Å². The number of nitrogens with zero attached hydrogens (tertiary/aromatic N) is 3. The lowest BCUT2D eigenvalue weighted by Crippen LogP contribution is -2.28. The number of rotatable bonds is 6. The molecule has 1 aromatic heterocycles. The fourth-order valence-electron chi connectivity index (χ4n) is 4.11. The molecule has 1 heterocycles. The summed E-state index contributed by atoms with van der Waals surface area (Å²) in [5, 5.41) is 15.2. The summed E-state index contributed by atoms with van der Waals surface area (Å²) in [6, 6.07) is 19.9. The molecule has 4 rings (SSSR count). The van der Waals surface area contributed by atoms with E-state index < -0.39 is 0 Å². The lowest BCUT2D eigenvalue weighted by molar-refractivity contribution is 0.0975. The van der Waals surface area contributed by atoms with Crippen LogP contribution in [0.25, 0.3) is 22.2 Å². The Balaban J connectivity index is 1.59. The van der Waals surface area contributed by atoms with Crippen LogP contribution in [0.2, 0.25) is 5.02 Å². The smallest absolute Gasteiger partial charge is 0.256 e. The number of halogens is 1. The minimum Gasteiger partial charge on any atom is -0.322 e. The van der Waals surface area contributed by atoms with E-state index >= 15 is 0 Å². The summed E-state index contributed by atoms with van der Waals surface area (Å²) < 4.78 is 0. The first-order valence-corrected chi connectivity index (χ1v) is 13.4. The second-order valence-electron chi connectivity index (χ2n) is 10.1. The molecule has 0 aliphatic heterocycles. The maximum Gasteiger partial charge on any atom is 0.256 e. The Kier molecular flexibility index (Phi) is 8.75. The summed E-state index contributed by atoms with van der Waals surface area (Å²) in [6.45, 7) is 11.6. The lowest BCUT2D eigenvalue weighted by atomic mass is 9.99. The van der Waals surface area contributed by atoms with Crippen LogP contribution in [0, 0.1) is 19.8 Å². The molecule has 3 aromatic carbocycles.